The van der Waals surface area contributed by atoms with Crippen LogP contribution in [-0.2, 0) is 14.4 Å². The van der Waals surface area contributed by atoms with E-state index in [2.05, 4.69) is 22.9 Å². The van der Waals surface area contributed by atoms with Gasteiger partial charge in [0.1, 0.15) is 4.32 Å². The molecular formula is C26H33BrN2O4S2. The van der Waals surface area contributed by atoms with Crippen molar-refractivity contribution in [3.8, 4) is 0 Å². The summed E-state index contributed by atoms with van der Waals surface area (Å²) in [6.45, 7) is 3.30. The number of carbonyl (C=O) groups excluding carboxylic acids is 2. The first-order valence-corrected chi connectivity index (χ1v) is 14.5. The smallest absolute Gasteiger partial charge is 0.303 e. The zero-order chi connectivity index (χ0) is 25.4. The number of benzene rings is 1. The van der Waals surface area contributed by atoms with Crippen molar-refractivity contribution in [1.29, 1.82) is 0 Å². The maximum Gasteiger partial charge on any atom is 0.303 e. The van der Waals surface area contributed by atoms with Gasteiger partial charge in [-0.3, -0.25) is 19.3 Å². The molecule has 3 rings (SSSR count). The Morgan fingerprint density at radius 3 is 2.23 bits per heavy atom. The van der Waals surface area contributed by atoms with E-state index in [9.17, 15) is 14.4 Å². The molecule has 0 unspecified atom stereocenters. The van der Waals surface area contributed by atoms with Crippen molar-refractivity contribution >= 4 is 73.3 Å². The van der Waals surface area contributed by atoms with Crippen molar-refractivity contribution < 1.29 is 19.5 Å². The number of rotatable bonds is 14. The van der Waals surface area contributed by atoms with E-state index >= 15 is 0 Å². The Kier molecular flexibility index (Phi) is 10.8. The fourth-order valence-corrected chi connectivity index (χ4v) is 6.15. The summed E-state index contributed by atoms with van der Waals surface area (Å²) >= 11 is 10.3. The van der Waals surface area contributed by atoms with Crippen LogP contribution >= 0.6 is 39.9 Å². The average Bonchev–Trinajstić information content (AvgIpc) is 3.24. The SMILES string of the molecule is CCCCN1C(=O)/C(=C2\SC(=S)N(CCCCCCCCCCC(=O)O)C2=O)c2cc(Br)ccc21. The number of thioether (sulfide) groups is 1. The number of nitrogens with zero attached hydrogens (tertiary/aromatic N) is 2. The maximum atomic E-state index is 13.4. The van der Waals surface area contributed by atoms with Gasteiger partial charge in [-0.2, -0.15) is 0 Å². The van der Waals surface area contributed by atoms with E-state index in [0.717, 1.165) is 79.9 Å². The van der Waals surface area contributed by atoms with Crippen LogP contribution < -0.4 is 4.90 Å². The predicted molar refractivity (Wildman–Crippen MR) is 149 cm³/mol. The summed E-state index contributed by atoms with van der Waals surface area (Å²) in [5, 5.41) is 8.67. The molecule has 6 nitrogen and oxygen atoms in total. The van der Waals surface area contributed by atoms with Crippen LogP contribution in [0.2, 0.25) is 0 Å². The third kappa shape index (κ3) is 7.17. The Hall–Kier alpha value is -1.71. The minimum Gasteiger partial charge on any atom is -0.481 e. The molecule has 0 spiro atoms. The summed E-state index contributed by atoms with van der Waals surface area (Å²) in [4.78, 5) is 41.1. The molecule has 1 N–H and O–H groups in total. The lowest BCUT2D eigenvalue weighted by Crippen LogP contribution is -2.30. The standard InChI is InChI=1S/C26H33BrN2O4S2/c1-2-3-15-28-20-14-13-18(27)17-19(20)22(24(28)32)23-25(33)29(26(34)35-23)16-11-9-7-5-4-6-8-10-12-21(30)31/h13-14,17H,2-12,15-16H2,1H3,(H,30,31)/b23-22-. The van der Waals surface area contributed by atoms with Crippen LogP contribution in [0.5, 0.6) is 0 Å². The van der Waals surface area contributed by atoms with E-state index in [1.807, 2.05) is 18.2 Å². The molecule has 35 heavy (non-hydrogen) atoms. The van der Waals surface area contributed by atoms with Crippen LogP contribution in [0, 0.1) is 0 Å². The molecule has 1 saturated heterocycles. The number of fused-ring (bicyclic) bond motifs is 1. The molecule has 1 aromatic rings. The zero-order valence-corrected chi connectivity index (χ0v) is 23.4. The fraction of sp³-hybridized carbons (Fsp3) is 0.538. The van der Waals surface area contributed by atoms with Gasteiger partial charge in [0, 0.05) is 29.5 Å². The van der Waals surface area contributed by atoms with Gasteiger partial charge in [0.15, 0.2) is 0 Å². The van der Waals surface area contributed by atoms with Gasteiger partial charge in [-0.1, -0.05) is 91.8 Å². The van der Waals surface area contributed by atoms with Crippen molar-refractivity contribution in [2.75, 3.05) is 18.0 Å². The molecule has 0 aliphatic carbocycles. The molecule has 1 aromatic carbocycles. The van der Waals surface area contributed by atoms with Gasteiger partial charge < -0.3 is 10.0 Å². The van der Waals surface area contributed by atoms with Gasteiger partial charge in [-0.15, -0.1) is 0 Å². The molecule has 0 atom stereocenters. The number of thiocarbonyl (C=S) groups is 1. The molecule has 2 heterocycles. The lowest BCUT2D eigenvalue weighted by molar-refractivity contribution is -0.137. The van der Waals surface area contributed by atoms with E-state index in [0.29, 0.717) is 27.9 Å². The second-order valence-corrected chi connectivity index (χ2v) is 11.5. The number of amides is 2. The van der Waals surface area contributed by atoms with E-state index in [1.165, 1.54) is 11.8 Å². The Labute approximate surface area is 225 Å². The maximum absolute atomic E-state index is 13.4. The van der Waals surface area contributed by atoms with Gasteiger partial charge in [-0.05, 0) is 37.5 Å². The summed E-state index contributed by atoms with van der Waals surface area (Å²) in [5.74, 6) is -1.00. The van der Waals surface area contributed by atoms with E-state index in [-0.39, 0.29) is 18.2 Å². The van der Waals surface area contributed by atoms with Gasteiger partial charge in [0.2, 0.25) is 0 Å². The summed E-state index contributed by atoms with van der Waals surface area (Å²) < 4.78 is 1.39. The minimum absolute atomic E-state index is 0.115. The number of anilines is 1. The lowest BCUT2D eigenvalue weighted by atomic mass is 10.1. The first kappa shape index (κ1) is 27.9. The number of aliphatic carboxylic acids is 1. The van der Waals surface area contributed by atoms with Gasteiger partial charge in [0.25, 0.3) is 11.8 Å². The molecule has 2 aliphatic heterocycles. The molecule has 9 heteroatoms. The summed E-state index contributed by atoms with van der Waals surface area (Å²) in [5.41, 5.74) is 2.12. The van der Waals surface area contributed by atoms with E-state index < -0.39 is 5.97 Å². The normalized spacial score (nSPS) is 17.6. The van der Waals surface area contributed by atoms with Crippen LogP contribution in [0.15, 0.2) is 27.6 Å². The molecule has 1 fully saturated rings. The zero-order valence-electron chi connectivity index (χ0n) is 20.2. The molecule has 0 bridgehead atoms. The monoisotopic (exact) mass is 580 g/mol. The summed E-state index contributed by atoms with van der Waals surface area (Å²) in [6, 6.07) is 5.78. The number of hydrogen-bond donors (Lipinski definition) is 1. The highest BCUT2D eigenvalue weighted by Gasteiger charge is 2.41. The third-order valence-electron chi connectivity index (χ3n) is 6.31. The molecule has 2 amide bonds. The highest BCUT2D eigenvalue weighted by molar-refractivity contribution is 9.10. The van der Waals surface area contributed by atoms with Gasteiger partial charge in [0.05, 0.1) is 16.2 Å². The average molecular weight is 582 g/mol. The lowest BCUT2D eigenvalue weighted by Gasteiger charge is -2.16. The Morgan fingerprint density at radius 1 is 0.943 bits per heavy atom. The van der Waals surface area contributed by atoms with Crippen molar-refractivity contribution in [3.05, 3.63) is 33.1 Å². The van der Waals surface area contributed by atoms with Crippen LogP contribution in [-0.4, -0.2) is 45.2 Å². The van der Waals surface area contributed by atoms with Crippen molar-refractivity contribution in [2.24, 2.45) is 0 Å². The number of carboxylic acid groups (broad SMARTS) is 1. The van der Waals surface area contributed by atoms with Crippen molar-refractivity contribution in [3.63, 3.8) is 0 Å². The molecule has 0 aromatic heterocycles. The number of carboxylic acids is 1. The molecular weight excluding hydrogens is 548 g/mol. The first-order chi connectivity index (χ1) is 16.8. The van der Waals surface area contributed by atoms with Gasteiger partial charge >= 0.3 is 5.97 Å². The van der Waals surface area contributed by atoms with Crippen LogP contribution in [0.4, 0.5) is 5.69 Å². The first-order valence-electron chi connectivity index (χ1n) is 12.5. The Balaban J connectivity index is 1.56. The number of hydrogen-bond acceptors (Lipinski definition) is 5. The van der Waals surface area contributed by atoms with Crippen LogP contribution in [0.1, 0.15) is 83.1 Å². The second-order valence-electron chi connectivity index (χ2n) is 8.97. The molecule has 190 valence electrons. The van der Waals surface area contributed by atoms with Crippen molar-refractivity contribution in [2.45, 2.75) is 77.6 Å². The van der Waals surface area contributed by atoms with Gasteiger partial charge in [-0.25, -0.2) is 0 Å². The van der Waals surface area contributed by atoms with Crippen molar-refractivity contribution in [1.82, 2.24) is 4.90 Å². The second kappa shape index (κ2) is 13.6. The molecule has 0 radical (unpaired) electrons. The Morgan fingerprint density at radius 2 is 1.57 bits per heavy atom. The molecule has 2 aliphatic rings. The molecule has 0 saturated carbocycles. The number of carbonyl (C=O) groups is 3. The minimum atomic E-state index is -0.723. The van der Waals surface area contributed by atoms with Crippen LogP contribution in [0.25, 0.3) is 5.57 Å². The topological polar surface area (TPSA) is 77.9 Å². The highest BCUT2D eigenvalue weighted by atomic mass is 79.9. The van der Waals surface area contributed by atoms with Crippen LogP contribution in [0.3, 0.4) is 0 Å². The third-order valence-corrected chi connectivity index (χ3v) is 8.25. The largest absolute Gasteiger partial charge is 0.481 e. The number of halogens is 1. The predicted octanol–water partition coefficient (Wildman–Crippen LogP) is 6.76. The summed E-state index contributed by atoms with van der Waals surface area (Å²) in [6.07, 6.45) is 10.1. The van der Waals surface area contributed by atoms with E-state index in [4.69, 9.17) is 17.3 Å². The van der Waals surface area contributed by atoms with E-state index in [1.54, 1.807) is 9.80 Å². The number of unbranched alkanes of at least 4 members (excludes halogenated alkanes) is 8. The Bertz CT molecular complexity index is 1010. The fourth-order valence-electron chi connectivity index (χ4n) is 4.41. The summed E-state index contributed by atoms with van der Waals surface area (Å²) in [7, 11) is 0. The highest BCUT2D eigenvalue weighted by Crippen LogP contribution is 2.45. The quantitative estimate of drug-likeness (QED) is 0.149.